The van der Waals surface area contributed by atoms with Gasteiger partial charge in [-0.2, -0.15) is 0 Å². The van der Waals surface area contributed by atoms with Crippen LogP contribution in [-0.4, -0.2) is 91.7 Å². The minimum atomic E-state index is -0.418. The number of nitrogens with zero attached hydrogens (tertiary/aromatic N) is 3. The molecule has 1 fully saturated rings. The molecule has 3 aromatic rings. The standard InChI is InChI=1S/C36H42N4O4/c1-27(26-40(2,3)24-12-11-21-39-34(41)31-16-7-8-17-32(31)35(39)42)25-38-22-19-29(20-23-38)44-36(43)37-33-18-10-9-15-30(33)28-13-5-4-6-14-28/h4-10,13-18,29H,1,11-12,19-26H2,2-3H3/p+1. The van der Waals surface area contributed by atoms with E-state index in [-0.39, 0.29) is 17.9 Å². The molecule has 2 aliphatic heterocycles. The highest BCUT2D eigenvalue weighted by Gasteiger charge is 2.34. The minimum absolute atomic E-state index is 0.113. The van der Waals surface area contributed by atoms with Gasteiger partial charge in [-0.1, -0.05) is 67.2 Å². The molecular formula is C36H43N4O4+. The van der Waals surface area contributed by atoms with Crippen molar-refractivity contribution in [3.8, 4) is 11.1 Å². The summed E-state index contributed by atoms with van der Waals surface area (Å²) in [6.45, 7) is 9.12. The summed E-state index contributed by atoms with van der Waals surface area (Å²) >= 11 is 0. The molecule has 8 nitrogen and oxygen atoms in total. The van der Waals surface area contributed by atoms with Gasteiger partial charge in [0.15, 0.2) is 0 Å². The molecule has 230 valence electrons. The summed E-state index contributed by atoms with van der Waals surface area (Å²) < 4.78 is 6.59. The summed E-state index contributed by atoms with van der Waals surface area (Å²) in [7, 11) is 4.39. The van der Waals surface area contributed by atoms with Gasteiger partial charge in [0.05, 0.1) is 37.5 Å². The van der Waals surface area contributed by atoms with Gasteiger partial charge in [-0.05, 0) is 55.0 Å². The van der Waals surface area contributed by atoms with E-state index in [1.54, 1.807) is 24.3 Å². The number of benzene rings is 3. The molecule has 0 unspecified atom stereocenters. The fraction of sp³-hybridized carbons (Fsp3) is 0.361. The third kappa shape index (κ3) is 7.81. The Morgan fingerprint density at radius 1 is 0.864 bits per heavy atom. The predicted octanol–water partition coefficient (Wildman–Crippen LogP) is 6.08. The lowest BCUT2D eigenvalue weighted by Gasteiger charge is -2.35. The van der Waals surface area contributed by atoms with Crippen molar-refractivity contribution in [2.75, 3.05) is 58.7 Å². The van der Waals surface area contributed by atoms with Crippen molar-refractivity contribution < 1.29 is 23.6 Å². The van der Waals surface area contributed by atoms with Crippen molar-refractivity contribution in [3.05, 3.63) is 102 Å². The largest absolute Gasteiger partial charge is 0.446 e. The minimum Gasteiger partial charge on any atom is -0.446 e. The van der Waals surface area contributed by atoms with Crippen LogP contribution in [0, 0.1) is 0 Å². The van der Waals surface area contributed by atoms with Crippen LogP contribution in [0.1, 0.15) is 46.4 Å². The Labute approximate surface area is 260 Å². The Kier molecular flexibility index (Phi) is 9.92. The summed E-state index contributed by atoms with van der Waals surface area (Å²) in [6.07, 6.45) is 2.73. The van der Waals surface area contributed by atoms with E-state index in [4.69, 9.17) is 4.74 Å². The number of rotatable bonds is 12. The first kappa shape index (κ1) is 31.2. The lowest BCUT2D eigenvalue weighted by molar-refractivity contribution is -0.885. The topological polar surface area (TPSA) is 79.0 Å². The van der Waals surface area contributed by atoms with Crippen molar-refractivity contribution in [1.29, 1.82) is 0 Å². The van der Waals surface area contributed by atoms with Crippen molar-refractivity contribution in [2.45, 2.75) is 31.8 Å². The Morgan fingerprint density at radius 2 is 1.45 bits per heavy atom. The zero-order chi connectivity index (χ0) is 31.1. The highest BCUT2D eigenvalue weighted by Crippen LogP contribution is 2.28. The Morgan fingerprint density at radius 3 is 2.11 bits per heavy atom. The molecule has 0 atom stereocenters. The fourth-order valence-electron chi connectivity index (χ4n) is 6.24. The number of unbranched alkanes of at least 4 members (excludes halogenated alkanes) is 1. The van der Waals surface area contributed by atoms with E-state index < -0.39 is 6.09 Å². The van der Waals surface area contributed by atoms with E-state index >= 15 is 0 Å². The zero-order valence-corrected chi connectivity index (χ0v) is 25.8. The number of carbonyl (C=O) groups is 3. The quantitative estimate of drug-likeness (QED) is 0.119. The van der Waals surface area contributed by atoms with Gasteiger partial charge >= 0.3 is 6.09 Å². The van der Waals surface area contributed by atoms with Crippen LogP contribution >= 0.6 is 0 Å². The molecule has 1 saturated heterocycles. The summed E-state index contributed by atoms with van der Waals surface area (Å²) in [5, 5.41) is 2.94. The molecule has 0 aliphatic carbocycles. The lowest BCUT2D eigenvalue weighted by Crippen LogP contribution is -2.45. The highest BCUT2D eigenvalue weighted by atomic mass is 16.6. The smallest absolute Gasteiger partial charge is 0.411 e. The SMILES string of the molecule is C=C(CN1CCC(OC(=O)Nc2ccccc2-c2ccccc2)CC1)C[N+](C)(C)CCCCN1C(=O)c2ccccc2C1=O. The second-order valence-electron chi connectivity index (χ2n) is 12.5. The first-order chi connectivity index (χ1) is 21.2. The average Bonchev–Trinajstić information content (AvgIpc) is 3.25. The molecule has 2 aliphatic rings. The number of amides is 3. The van der Waals surface area contributed by atoms with Crippen LogP contribution in [0.3, 0.4) is 0 Å². The number of hydrogen-bond donors (Lipinski definition) is 1. The normalized spacial score (nSPS) is 15.7. The number of likely N-dealkylation sites (N-methyl/N-ethyl adjacent to an activating group) is 1. The molecule has 8 heteroatoms. The van der Waals surface area contributed by atoms with Crippen molar-refractivity contribution in [3.63, 3.8) is 0 Å². The highest BCUT2D eigenvalue weighted by molar-refractivity contribution is 6.21. The number of anilines is 1. The number of ether oxygens (including phenoxy) is 1. The number of quaternary nitrogens is 1. The van der Waals surface area contributed by atoms with Crippen LogP contribution in [0.4, 0.5) is 10.5 Å². The van der Waals surface area contributed by atoms with Gasteiger partial charge in [0.25, 0.3) is 11.8 Å². The third-order valence-corrected chi connectivity index (χ3v) is 8.43. The van der Waals surface area contributed by atoms with Crippen molar-refractivity contribution >= 4 is 23.6 Å². The summed E-state index contributed by atoms with van der Waals surface area (Å²) in [6, 6.07) is 24.8. The number of fused-ring (bicyclic) bond motifs is 1. The molecule has 1 N–H and O–H groups in total. The maximum atomic E-state index is 12.7. The Bertz CT molecular complexity index is 1460. The van der Waals surface area contributed by atoms with Gasteiger partial charge in [0.1, 0.15) is 12.6 Å². The molecule has 2 heterocycles. The van der Waals surface area contributed by atoms with Crippen molar-refractivity contribution in [1.82, 2.24) is 9.80 Å². The van der Waals surface area contributed by atoms with E-state index in [2.05, 4.69) is 30.9 Å². The van der Waals surface area contributed by atoms with Crippen LogP contribution in [0.2, 0.25) is 0 Å². The lowest BCUT2D eigenvalue weighted by atomic mass is 10.0. The summed E-state index contributed by atoms with van der Waals surface area (Å²) in [5.74, 6) is -0.369. The van der Waals surface area contributed by atoms with Gasteiger partial charge in [-0.15, -0.1) is 0 Å². The van der Waals surface area contributed by atoms with Crippen LogP contribution in [0.25, 0.3) is 11.1 Å². The van der Waals surface area contributed by atoms with E-state index in [1.165, 1.54) is 10.5 Å². The Hall–Kier alpha value is -4.27. The summed E-state index contributed by atoms with van der Waals surface area (Å²) in [4.78, 5) is 41.7. The van der Waals surface area contributed by atoms with Gasteiger partial charge < -0.3 is 9.22 Å². The summed E-state index contributed by atoms with van der Waals surface area (Å²) in [5.41, 5.74) is 4.93. The molecule has 44 heavy (non-hydrogen) atoms. The second kappa shape index (κ2) is 14.0. The van der Waals surface area contributed by atoms with Crippen LogP contribution in [0.5, 0.6) is 0 Å². The monoisotopic (exact) mass is 595 g/mol. The zero-order valence-electron chi connectivity index (χ0n) is 25.8. The van der Waals surface area contributed by atoms with Crippen molar-refractivity contribution in [2.24, 2.45) is 0 Å². The van der Waals surface area contributed by atoms with E-state index in [1.807, 2.05) is 54.6 Å². The van der Waals surface area contributed by atoms with Crippen LogP contribution in [-0.2, 0) is 4.74 Å². The Balaban J connectivity index is 0.996. The molecule has 0 bridgehead atoms. The first-order valence-electron chi connectivity index (χ1n) is 15.5. The van der Waals surface area contributed by atoms with Crippen LogP contribution in [0.15, 0.2) is 91.0 Å². The third-order valence-electron chi connectivity index (χ3n) is 8.43. The maximum absolute atomic E-state index is 12.7. The molecule has 0 saturated carbocycles. The van der Waals surface area contributed by atoms with Gasteiger partial charge in [-0.3, -0.25) is 24.7 Å². The molecule has 5 rings (SSSR count). The molecular weight excluding hydrogens is 552 g/mol. The van der Waals surface area contributed by atoms with Gasteiger partial charge in [-0.25, -0.2) is 4.79 Å². The predicted molar refractivity (Wildman–Crippen MR) is 173 cm³/mol. The fourth-order valence-corrected chi connectivity index (χ4v) is 6.24. The number of imide groups is 1. The maximum Gasteiger partial charge on any atom is 0.411 e. The molecule has 3 amide bonds. The first-order valence-corrected chi connectivity index (χ1v) is 15.5. The van der Waals surface area contributed by atoms with E-state index in [9.17, 15) is 14.4 Å². The van der Waals surface area contributed by atoms with E-state index in [0.717, 1.165) is 79.7 Å². The average molecular weight is 596 g/mol. The number of carbonyl (C=O) groups excluding carboxylic acids is 3. The number of nitrogens with one attached hydrogen (secondary N) is 1. The van der Waals surface area contributed by atoms with Gasteiger partial charge in [0, 0.05) is 31.7 Å². The molecule has 0 aromatic heterocycles. The molecule has 0 radical (unpaired) electrons. The number of piperidine rings is 1. The van der Waals surface area contributed by atoms with E-state index in [0.29, 0.717) is 17.7 Å². The number of para-hydroxylation sites is 1. The van der Waals surface area contributed by atoms with Gasteiger partial charge in [0.2, 0.25) is 0 Å². The number of hydrogen-bond acceptors (Lipinski definition) is 5. The molecule has 3 aromatic carbocycles. The molecule has 0 spiro atoms. The second-order valence-corrected chi connectivity index (χ2v) is 12.5. The van der Waals surface area contributed by atoms with Crippen LogP contribution < -0.4 is 5.32 Å². The number of likely N-dealkylation sites (tertiary alicyclic amines) is 1.